The van der Waals surface area contributed by atoms with E-state index in [0.29, 0.717) is 19.5 Å². The number of benzene rings is 1. The molecular weight excluding hydrogens is 528 g/mol. The zero-order valence-corrected chi connectivity index (χ0v) is 24.1. The number of nitrogens with zero attached hydrogens (tertiary/aromatic N) is 6. The number of carbonyl (C=O) groups is 3. The molecule has 2 fully saturated rings. The summed E-state index contributed by atoms with van der Waals surface area (Å²) < 4.78 is 0.0973. The number of aliphatic hydroxyl groups excluding tert-OH is 1. The Morgan fingerprint density at radius 3 is 2.55 bits per heavy atom. The zero-order valence-electron chi connectivity index (χ0n) is 23.3. The van der Waals surface area contributed by atoms with Gasteiger partial charge in [0.1, 0.15) is 18.2 Å². The first-order chi connectivity index (χ1) is 19.1. The molecule has 0 saturated carbocycles. The highest BCUT2D eigenvalue weighted by Crippen LogP contribution is 2.65. The summed E-state index contributed by atoms with van der Waals surface area (Å²) in [6.07, 6.45) is 8.54. The molecule has 10 nitrogen and oxygen atoms in total. The number of likely N-dealkylation sites (tertiary alicyclic amines) is 1. The van der Waals surface area contributed by atoms with Crippen LogP contribution >= 0.6 is 11.8 Å². The molecule has 5 heterocycles. The number of aliphatic hydroxyl groups is 1. The Morgan fingerprint density at radius 2 is 1.80 bits per heavy atom. The molecule has 40 heavy (non-hydrogen) atoms. The lowest BCUT2D eigenvalue weighted by Gasteiger charge is -2.40. The second-order valence-corrected chi connectivity index (χ2v) is 13.8. The Kier molecular flexibility index (Phi) is 6.57. The van der Waals surface area contributed by atoms with Crippen molar-refractivity contribution in [2.24, 2.45) is 17.8 Å². The number of likely N-dealkylation sites (N-methyl/N-ethyl adjacent to an activating group) is 1. The minimum atomic E-state index is -0.949. The summed E-state index contributed by atoms with van der Waals surface area (Å²) in [5, 5.41) is 19.1. The fourth-order valence-electron chi connectivity index (χ4n) is 7.15. The van der Waals surface area contributed by atoms with Crippen molar-refractivity contribution in [3.8, 4) is 0 Å². The van der Waals surface area contributed by atoms with E-state index in [1.54, 1.807) is 38.2 Å². The number of rotatable bonds is 6. The fraction of sp³-hybridized carbons (Fsp3) is 0.552. The van der Waals surface area contributed by atoms with Crippen molar-refractivity contribution in [3.05, 3.63) is 48.6 Å². The summed E-state index contributed by atoms with van der Waals surface area (Å²) in [6.45, 7) is 6.82. The molecule has 1 aromatic carbocycles. The van der Waals surface area contributed by atoms with Crippen LogP contribution in [0.4, 0.5) is 0 Å². The normalized spacial score (nSPS) is 32.5. The number of thioether (sulfide) groups is 1. The highest BCUT2D eigenvalue weighted by atomic mass is 32.2. The molecule has 4 aliphatic heterocycles. The van der Waals surface area contributed by atoms with Crippen molar-refractivity contribution in [2.45, 2.75) is 55.4 Å². The van der Waals surface area contributed by atoms with Crippen LogP contribution in [0, 0.1) is 17.8 Å². The number of para-hydroxylation sites is 1. The van der Waals surface area contributed by atoms with Gasteiger partial charge in [-0.05, 0) is 31.4 Å². The Balaban J connectivity index is 1.46. The van der Waals surface area contributed by atoms with Crippen LogP contribution in [-0.2, 0) is 21.1 Å². The van der Waals surface area contributed by atoms with Gasteiger partial charge < -0.3 is 19.8 Å². The second kappa shape index (κ2) is 9.73. The SMILES string of the molecule is CC(C)C[C@H](CO)N1C(=O)[C@@H]2[C@@H]3C(=O)N(C)CC=C[C@]3(C)S[C@@]23C=CCN(Cn2nnc4ccccc42)C(=O)C13. The molecule has 6 rings (SSSR count). The largest absolute Gasteiger partial charge is 0.394 e. The fourth-order valence-corrected chi connectivity index (χ4v) is 9.30. The van der Waals surface area contributed by atoms with Gasteiger partial charge in [-0.2, -0.15) is 0 Å². The number of amides is 3. The predicted molar refractivity (Wildman–Crippen MR) is 152 cm³/mol. The molecule has 1 unspecified atom stereocenters. The lowest BCUT2D eigenvalue weighted by Crippen LogP contribution is -2.57. The van der Waals surface area contributed by atoms with Gasteiger partial charge in [-0.25, -0.2) is 4.68 Å². The third-order valence-electron chi connectivity index (χ3n) is 8.85. The predicted octanol–water partition coefficient (Wildman–Crippen LogP) is 1.91. The summed E-state index contributed by atoms with van der Waals surface area (Å²) in [4.78, 5) is 47.9. The Morgan fingerprint density at radius 1 is 1.05 bits per heavy atom. The Hall–Kier alpha value is -3.18. The summed E-state index contributed by atoms with van der Waals surface area (Å²) in [6, 6.07) is 6.18. The maximum atomic E-state index is 14.6. The second-order valence-electron chi connectivity index (χ2n) is 12.0. The standard InChI is InChI=1S/C29H36N6O4S/c1-18(2)15-19(16-36)35-24-27(39)33(17-34-21-10-6-5-9-20(21)30-31-34)14-8-12-29(24)23(26(35)38)22-25(37)32(4)13-7-11-28(22,3)40-29/h5-12,18-19,22-24,36H,13-17H2,1-4H3/t19-,22-,23+,24?,28+,29+/m1/s1. The van der Waals surface area contributed by atoms with E-state index in [9.17, 15) is 19.5 Å². The van der Waals surface area contributed by atoms with E-state index >= 15 is 0 Å². The van der Waals surface area contributed by atoms with Crippen molar-refractivity contribution < 1.29 is 19.5 Å². The average molecular weight is 565 g/mol. The van der Waals surface area contributed by atoms with E-state index in [1.165, 1.54) is 0 Å². The van der Waals surface area contributed by atoms with E-state index < -0.39 is 33.4 Å². The topological polar surface area (TPSA) is 112 Å². The average Bonchev–Trinajstić information content (AvgIpc) is 3.45. The van der Waals surface area contributed by atoms with Gasteiger partial charge in [0.2, 0.25) is 17.7 Å². The third kappa shape index (κ3) is 3.92. The lowest BCUT2D eigenvalue weighted by atomic mass is 9.74. The molecule has 11 heteroatoms. The molecular formula is C29H36N6O4S. The molecule has 0 bridgehead atoms. The van der Waals surface area contributed by atoms with Gasteiger partial charge in [-0.3, -0.25) is 14.4 Å². The highest BCUT2D eigenvalue weighted by molar-refractivity contribution is 8.02. The van der Waals surface area contributed by atoms with Gasteiger partial charge in [-0.1, -0.05) is 55.5 Å². The molecule has 1 spiro atoms. The van der Waals surface area contributed by atoms with Gasteiger partial charge in [0, 0.05) is 24.9 Å². The molecule has 4 aliphatic rings. The van der Waals surface area contributed by atoms with Gasteiger partial charge in [-0.15, -0.1) is 16.9 Å². The first-order valence-electron chi connectivity index (χ1n) is 13.9. The summed E-state index contributed by atoms with van der Waals surface area (Å²) in [5.74, 6) is -1.67. The number of hydrogen-bond acceptors (Lipinski definition) is 7. The summed E-state index contributed by atoms with van der Waals surface area (Å²) in [7, 11) is 1.76. The molecule has 0 aliphatic carbocycles. The van der Waals surface area contributed by atoms with Crippen LogP contribution < -0.4 is 0 Å². The van der Waals surface area contributed by atoms with E-state index in [0.717, 1.165) is 11.0 Å². The number of fused-ring (bicyclic) bond motifs is 3. The van der Waals surface area contributed by atoms with Crippen LogP contribution in [0.3, 0.4) is 0 Å². The van der Waals surface area contributed by atoms with E-state index in [-0.39, 0.29) is 36.9 Å². The molecule has 212 valence electrons. The van der Waals surface area contributed by atoms with Crippen molar-refractivity contribution in [1.82, 2.24) is 29.7 Å². The number of carbonyl (C=O) groups excluding carboxylic acids is 3. The Labute approximate surface area is 238 Å². The molecule has 1 N–H and O–H groups in total. The molecule has 2 aromatic rings. The van der Waals surface area contributed by atoms with Crippen molar-refractivity contribution >= 4 is 40.5 Å². The maximum Gasteiger partial charge on any atom is 0.248 e. The molecule has 3 amide bonds. The summed E-state index contributed by atoms with van der Waals surface area (Å²) in [5.41, 5.74) is 1.55. The minimum Gasteiger partial charge on any atom is -0.394 e. The van der Waals surface area contributed by atoms with Crippen LogP contribution in [-0.4, -0.2) is 101 Å². The monoisotopic (exact) mass is 564 g/mol. The van der Waals surface area contributed by atoms with Crippen molar-refractivity contribution in [2.75, 3.05) is 26.7 Å². The van der Waals surface area contributed by atoms with E-state index in [1.807, 2.05) is 69.3 Å². The van der Waals surface area contributed by atoms with E-state index in [2.05, 4.69) is 10.3 Å². The van der Waals surface area contributed by atoms with Crippen LogP contribution in [0.25, 0.3) is 11.0 Å². The van der Waals surface area contributed by atoms with Gasteiger partial charge >= 0.3 is 0 Å². The molecule has 1 aromatic heterocycles. The summed E-state index contributed by atoms with van der Waals surface area (Å²) >= 11 is 1.55. The van der Waals surface area contributed by atoms with Crippen LogP contribution in [0.5, 0.6) is 0 Å². The number of aromatic nitrogens is 3. The van der Waals surface area contributed by atoms with Crippen LogP contribution in [0.15, 0.2) is 48.6 Å². The molecule has 0 radical (unpaired) electrons. The smallest absolute Gasteiger partial charge is 0.248 e. The molecule has 2 saturated heterocycles. The van der Waals surface area contributed by atoms with Crippen LogP contribution in [0.1, 0.15) is 27.2 Å². The number of hydrogen-bond donors (Lipinski definition) is 1. The lowest BCUT2D eigenvalue weighted by molar-refractivity contribution is -0.148. The van der Waals surface area contributed by atoms with Crippen molar-refractivity contribution in [1.29, 1.82) is 0 Å². The van der Waals surface area contributed by atoms with Gasteiger partial charge in [0.15, 0.2) is 0 Å². The minimum absolute atomic E-state index is 0.0868. The quantitative estimate of drug-likeness (QED) is 0.534. The zero-order chi connectivity index (χ0) is 28.4. The van der Waals surface area contributed by atoms with Gasteiger partial charge in [0.25, 0.3) is 0 Å². The van der Waals surface area contributed by atoms with Crippen LogP contribution in [0.2, 0.25) is 0 Å². The third-order valence-corrected chi connectivity index (χ3v) is 10.6. The maximum absolute atomic E-state index is 14.6. The highest BCUT2D eigenvalue weighted by Gasteiger charge is 2.74. The van der Waals surface area contributed by atoms with Gasteiger partial charge in [0.05, 0.1) is 34.7 Å². The van der Waals surface area contributed by atoms with E-state index in [4.69, 9.17) is 0 Å². The first-order valence-corrected chi connectivity index (χ1v) is 14.7. The first kappa shape index (κ1) is 27.0. The Bertz CT molecular complexity index is 1420. The van der Waals surface area contributed by atoms with Crippen molar-refractivity contribution in [3.63, 3.8) is 0 Å². The molecule has 6 atom stereocenters.